The van der Waals surface area contributed by atoms with Gasteiger partial charge in [0, 0.05) is 5.56 Å². The summed E-state index contributed by atoms with van der Waals surface area (Å²) in [7, 11) is -6.00. The van der Waals surface area contributed by atoms with E-state index in [0.717, 1.165) is 16.7 Å². The Morgan fingerprint density at radius 1 is 0.517 bits per heavy atom. The lowest BCUT2D eigenvalue weighted by molar-refractivity contribution is 0.368. The van der Waals surface area contributed by atoms with E-state index in [0.29, 0.717) is 17.6 Å². The van der Waals surface area contributed by atoms with Gasteiger partial charge >= 0.3 is 19.0 Å². The van der Waals surface area contributed by atoms with Crippen LogP contribution >= 0.6 is 0 Å². The predicted molar refractivity (Wildman–Crippen MR) is 105 cm³/mol. The lowest BCUT2D eigenvalue weighted by atomic mass is 10.2. The third-order valence-electron chi connectivity index (χ3n) is 3.68. The highest BCUT2D eigenvalue weighted by Gasteiger charge is 2.23. The Morgan fingerprint density at radius 3 is 1.17 bits per heavy atom. The number of hydrogen-bond donors (Lipinski definition) is 0. The van der Waals surface area contributed by atoms with Crippen LogP contribution in [0.5, 0.6) is 0 Å². The highest BCUT2D eigenvalue weighted by atomic mass is 19.5. The van der Waals surface area contributed by atoms with E-state index in [1.165, 1.54) is 0 Å². The summed E-state index contributed by atoms with van der Waals surface area (Å²) in [6, 6.07) is 29.7. The van der Waals surface area contributed by atoms with E-state index in [9.17, 15) is 17.3 Å². The average molecular weight is 398 g/mol. The second-order valence-corrected chi connectivity index (χ2v) is 5.85. The molecular weight excluding hydrogens is 383 g/mol. The monoisotopic (exact) mass is 398 g/mol. The van der Waals surface area contributed by atoms with Crippen LogP contribution in [0.3, 0.4) is 0 Å². The fraction of sp³-hybridized carbons (Fsp3) is 0. The molecule has 4 rings (SSSR count). The number of hydrogen-bond acceptors (Lipinski definition) is 2. The number of rotatable bonds is 3. The van der Waals surface area contributed by atoms with Crippen LogP contribution in [0.15, 0.2) is 95.4 Å². The van der Waals surface area contributed by atoms with E-state index in [1.54, 1.807) is 0 Å². The molecule has 3 aromatic carbocycles. The molecule has 146 valence electrons. The first-order valence-electron chi connectivity index (χ1n) is 8.66. The van der Waals surface area contributed by atoms with Crippen molar-refractivity contribution in [2.75, 3.05) is 0 Å². The zero-order valence-corrected chi connectivity index (χ0v) is 15.1. The number of halogens is 4. The molecule has 0 radical (unpaired) electrons. The molecule has 0 saturated heterocycles. The first-order valence-corrected chi connectivity index (χ1v) is 8.66. The molecule has 0 saturated carbocycles. The average Bonchev–Trinajstić information content (AvgIpc) is 2.74. The Morgan fingerprint density at radius 2 is 0.828 bits per heavy atom. The fourth-order valence-electron chi connectivity index (χ4n) is 2.48. The maximum absolute atomic E-state index is 9.75. The third-order valence-corrected chi connectivity index (χ3v) is 3.68. The van der Waals surface area contributed by atoms with Crippen molar-refractivity contribution in [3.63, 3.8) is 0 Å². The summed E-state index contributed by atoms with van der Waals surface area (Å²) in [6.07, 6.45) is 0. The highest BCUT2D eigenvalue weighted by molar-refractivity contribution is 6.50. The van der Waals surface area contributed by atoms with Gasteiger partial charge in [-0.3, -0.25) is 0 Å². The van der Waals surface area contributed by atoms with Crippen LogP contribution in [0.4, 0.5) is 17.3 Å². The Bertz CT molecular complexity index is 901. The molecule has 0 amide bonds. The van der Waals surface area contributed by atoms with E-state index in [-0.39, 0.29) is 0 Å². The smallest absolute Gasteiger partial charge is 0.418 e. The molecule has 1 aromatic heterocycles. The quantitative estimate of drug-likeness (QED) is 0.220. The molecule has 0 fully saturated rings. The predicted octanol–water partition coefficient (Wildman–Crippen LogP) is 6.65. The maximum Gasteiger partial charge on any atom is 0.673 e. The van der Waals surface area contributed by atoms with Crippen molar-refractivity contribution in [2.24, 2.45) is 0 Å². The summed E-state index contributed by atoms with van der Waals surface area (Å²) in [6.45, 7) is 0. The zero-order chi connectivity index (χ0) is 20.7. The minimum atomic E-state index is -6.00. The molecule has 0 aliphatic rings. The second-order valence-electron chi connectivity index (χ2n) is 5.85. The molecule has 0 unspecified atom stereocenters. The van der Waals surface area contributed by atoms with Crippen molar-refractivity contribution in [3.8, 4) is 34.3 Å². The van der Waals surface area contributed by atoms with Gasteiger partial charge in [0.25, 0.3) is 0 Å². The topological polar surface area (TPSA) is 37.1 Å². The van der Waals surface area contributed by atoms with Crippen LogP contribution in [0, 0.1) is 0 Å². The van der Waals surface area contributed by atoms with Gasteiger partial charge in [0.05, 0.1) is 0 Å². The SMILES string of the molecule is F[B-](F)(F)F.c1ccc(-c2nc(-c3ccccc3)[o+]c(-c3ccccc3)n2)cc1. The summed E-state index contributed by atoms with van der Waals surface area (Å²) in [5.74, 6) is 1.77. The fourth-order valence-corrected chi connectivity index (χ4v) is 2.48. The van der Waals surface area contributed by atoms with Crippen molar-refractivity contribution < 1.29 is 21.7 Å². The van der Waals surface area contributed by atoms with Gasteiger partial charge in [0.2, 0.25) is 0 Å². The summed E-state index contributed by atoms with van der Waals surface area (Å²) in [4.78, 5) is 9.24. The molecule has 0 aliphatic carbocycles. The molecule has 29 heavy (non-hydrogen) atoms. The number of nitrogens with zero attached hydrogens (tertiary/aromatic N) is 2. The van der Waals surface area contributed by atoms with Crippen LogP contribution in [-0.2, 0) is 0 Å². The van der Waals surface area contributed by atoms with Crippen LogP contribution in [0.25, 0.3) is 34.3 Å². The van der Waals surface area contributed by atoms with Gasteiger partial charge in [-0.2, -0.15) is 4.42 Å². The molecule has 4 aromatic rings. The minimum Gasteiger partial charge on any atom is -0.418 e. The van der Waals surface area contributed by atoms with Crippen LogP contribution in [0.1, 0.15) is 0 Å². The first kappa shape index (κ1) is 20.2. The van der Waals surface area contributed by atoms with Gasteiger partial charge in [0.15, 0.2) is 5.82 Å². The Hall–Kier alpha value is -3.55. The van der Waals surface area contributed by atoms with Gasteiger partial charge < -0.3 is 17.3 Å². The van der Waals surface area contributed by atoms with Gasteiger partial charge in [-0.1, -0.05) is 66.7 Å². The summed E-state index contributed by atoms with van der Waals surface area (Å²) < 4.78 is 45.0. The van der Waals surface area contributed by atoms with Crippen molar-refractivity contribution in [1.82, 2.24) is 9.97 Å². The molecule has 0 spiro atoms. The van der Waals surface area contributed by atoms with Crippen molar-refractivity contribution in [1.29, 1.82) is 0 Å². The maximum atomic E-state index is 9.75. The van der Waals surface area contributed by atoms with Gasteiger partial charge in [-0.05, 0) is 24.3 Å². The molecule has 0 N–H and O–H groups in total. The molecule has 3 nitrogen and oxygen atoms in total. The largest absolute Gasteiger partial charge is 0.673 e. The number of aromatic nitrogens is 2. The molecule has 1 heterocycles. The van der Waals surface area contributed by atoms with Gasteiger partial charge in [-0.25, -0.2) is 0 Å². The Balaban J connectivity index is 0.000000431. The van der Waals surface area contributed by atoms with Crippen molar-refractivity contribution in [2.45, 2.75) is 0 Å². The summed E-state index contributed by atoms with van der Waals surface area (Å²) >= 11 is 0. The van der Waals surface area contributed by atoms with E-state index in [1.807, 2.05) is 91.0 Å². The molecular formula is C21H15BF4N2O. The molecule has 8 heteroatoms. The van der Waals surface area contributed by atoms with Crippen LogP contribution < -0.4 is 0 Å². The highest BCUT2D eigenvalue weighted by Crippen LogP contribution is 2.27. The molecule has 0 atom stereocenters. The number of benzene rings is 3. The van der Waals surface area contributed by atoms with E-state index < -0.39 is 7.25 Å². The summed E-state index contributed by atoms with van der Waals surface area (Å²) in [5, 5.41) is 0. The van der Waals surface area contributed by atoms with E-state index in [4.69, 9.17) is 4.42 Å². The molecule has 0 bridgehead atoms. The van der Waals surface area contributed by atoms with Crippen LogP contribution in [0.2, 0.25) is 0 Å². The second kappa shape index (κ2) is 9.10. The normalized spacial score (nSPS) is 10.8. The zero-order valence-electron chi connectivity index (χ0n) is 15.1. The lowest BCUT2D eigenvalue weighted by Crippen LogP contribution is -2.02. The van der Waals surface area contributed by atoms with Gasteiger partial charge in [-0.15, -0.1) is 9.97 Å². The third kappa shape index (κ3) is 6.24. The lowest BCUT2D eigenvalue weighted by Gasteiger charge is -1.99. The van der Waals surface area contributed by atoms with E-state index in [2.05, 4.69) is 9.97 Å². The Labute approximate surface area is 164 Å². The summed E-state index contributed by atoms with van der Waals surface area (Å²) in [5.41, 5.74) is 2.81. The van der Waals surface area contributed by atoms with Gasteiger partial charge in [0.1, 0.15) is 11.1 Å². The molecule has 0 aliphatic heterocycles. The van der Waals surface area contributed by atoms with E-state index >= 15 is 0 Å². The van der Waals surface area contributed by atoms with Crippen LogP contribution in [-0.4, -0.2) is 17.2 Å². The minimum absolute atomic E-state index is 0.559. The Kier molecular flexibility index (Phi) is 6.34. The standard InChI is InChI=1S/C21H15N2O.BF4/c1-4-10-16(11-5-1)19-22-20(17-12-6-2-7-13-17)24-21(23-19)18-14-8-3-9-15-18;2-1(3,4)5/h1-15H;/q+1;-1. The van der Waals surface area contributed by atoms with Crippen molar-refractivity contribution in [3.05, 3.63) is 91.0 Å². The van der Waals surface area contributed by atoms with Crippen molar-refractivity contribution >= 4 is 7.25 Å². The first-order chi connectivity index (χ1) is 13.9.